The molecule has 0 saturated carbocycles. The molecule has 36 heavy (non-hydrogen) atoms. The van der Waals surface area contributed by atoms with Crippen molar-refractivity contribution < 1.29 is 41.7 Å². The van der Waals surface area contributed by atoms with Crippen LogP contribution in [0.25, 0.3) is 11.3 Å². The van der Waals surface area contributed by atoms with Gasteiger partial charge in [0.25, 0.3) is 0 Å². The largest absolute Gasteiger partial charge is 0.489 e. The third-order valence-corrected chi connectivity index (χ3v) is 5.70. The highest BCUT2D eigenvalue weighted by atomic mass is 19.4. The number of pyridine rings is 1. The van der Waals surface area contributed by atoms with E-state index in [-0.39, 0.29) is 29.2 Å². The van der Waals surface area contributed by atoms with Gasteiger partial charge in [-0.05, 0) is 58.0 Å². The minimum atomic E-state index is -5.30. The van der Waals surface area contributed by atoms with Gasteiger partial charge < -0.3 is 25.2 Å². The Morgan fingerprint density at radius 3 is 2.33 bits per heavy atom. The Bertz CT molecular complexity index is 1160. The first-order chi connectivity index (χ1) is 16.5. The van der Waals surface area contributed by atoms with Gasteiger partial charge in [-0.3, -0.25) is 4.79 Å². The average Bonchev–Trinajstić information content (AvgIpc) is 3.13. The van der Waals surface area contributed by atoms with Crippen molar-refractivity contribution in [1.29, 1.82) is 0 Å². The van der Waals surface area contributed by atoms with E-state index in [2.05, 4.69) is 10.3 Å². The summed E-state index contributed by atoms with van der Waals surface area (Å²) < 4.78 is 67.1. The van der Waals surface area contributed by atoms with Crippen LogP contribution in [0.3, 0.4) is 0 Å². The molecule has 1 aromatic heterocycles. The molecule has 1 aliphatic rings. The molecule has 8 nitrogen and oxygen atoms in total. The molecule has 3 rings (SSSR count). The van der Waals surface area contributed by atoms with E-state index in [1.54, 1.807) is 0 Å². The van der Waals surface area contributed by atoms with Gasteiger partial charge in [0.05, 0.1) is 12.2 Å². The smallest absolute Gasteiger partial charge is 0.424 e. The zero-order chi connectivity index (χ0) is 27.1. The molecule has 0 spiro atoms. The quantitative estimate of drug-likeness (QED) is 0.528. The van der Waals surface area contributed by atoms with Gasteiger partial charge in [-0.1, -0.05) is 0 Å². The van der Waals surface area contributed by atoms with Crippen molar-refractivity contribution in [3.63, 3.8) is 0 Å². The molecule has 0 saturated heterocycles. The van der Waals surface area contributed by atoms with Gasteiger partial charge in [-0.15, -0.1) is 0 Å². The van der Waals surface area contributed by atoms with E-state index < -0.39 is 52.8 Å². The molecular formula is C24H27F4N3O5. The lowest BCUT2D eigenvalue weighted by molar-refractivity contribution is -0.265. The normalized spacial score (nSPS) is 19.1. The van der Waals surface area contributed by atoms with Crippen LogP contribution in [0.4, 0.5) is 22.4 Å². The molecule has 12 heteroatoms. The van der Waals surface area contributed by atoms with E-state index in [9.17, 15) is 32.3 Å². The van der Waals surface area contributed by atoms with Crippen molar-refractivity contribution in [2.24, 2.45) is 0 Å². The van der Waals surface area contributed by atoms with Crippen molar-refractivity contribution in [2.45, 2.75) is 50.5 Å². The van der Waals surface area contributed by atoms with Gasteiger partial charge in [-0.25, -0.2) is 14.2 Å². The number of ether oxygens (including phenoxy) is 2. The molecule has 2 atom stereocenters. The number of rotatable bonds is 5. The Hall–Kier alpha value is -3.41. The first-order valence-electron chi connectivity index (χ1n) is 10.9. The van der Waals surface area contributed by atoms with Crippen molar-refractivity contribution in [3.05, 3.63) is 47.4 Å². The van der Waals surface area contributed by atoms with Crippen LogP contribution in [0.5, 0.6) is 5.75 Å². The number of fused-ring (bicyclic) bond motifs is 1. The summed E-state index contributed by atoms with van der Waals surface area (Å²) in [5, 5.41) is 15.3. The van der Waals surface area contributed by atoms with Gasteiger partial charge >= 0.3 is 12.3 Å². The lowest BCUT2D eigenvalue weighted by Gasteiger charge is -2.32. The van der Waals surface area contributed by atoms with Gasteiger partial charge in [-0.2, -0.15) is 13.2 Å². The molecule has 2 amide bonds. The number of hydrogen-bond donors (Lipinski definition) is 3. The zero-order valence-corrected chi connectivity index (χ0v) is 20.3. The number of halogens is 4. The van der Waals surface area contributed by atoms with Crippen LogP contribution in [0.1, 0.15) is 39.0 Å². The summed E-state index contributed by atoms with van der Waals surface area (Å²) in [7, 11) is 1.37. The van der Waals surface area contributed by atoms with Gasteiger partial charge in [0.1, 0.15) is 34.9 Å². The Kier molecular flexibility index (Phi) is 6.97. The minimum Gasteiger partial charge on any atom is -0.489 e. The fourth-order valence-corrected chi connectivity index (χ4v) is 3.71. The predicted molar refractivity (Wildman–Crippen MR) is 121 cm³/mol. The second-order valence-electron chi connectivity index (χ2n) is 9.65. The molecule has 1 unspecified atom stereocenters. The van der Waals surface area contributed by atoms with Crippen molar-refractivity contribution in [2.75, 3.05) is 20.2 Å². The van der Waals surface area contributed by atoms with Crippen LogP contribution >= 0.6 is 0 Å². The fourth-order valence-electron chi connectivity index (χ4n) is 3.71. The molecule has 3 N–H and O–H groups in total. The maximum atomic E-state index is 14.3. The van der Waals surface area contributed by atoms with E-state index in [1.807, 2.05) is 5.32 Å². The maximum absolute atomic E-state index is 14.3. The summed E-state index contributed by atoms with van der Waals surface area (Å²) >= 11 is 0. The monoisotopic (exact) mass is 513 g/mol. The molecule has 0 radical (unpaired) electrons. The Morgan fingerprint density at radius 2 is 1.81 bits per heavy atom. The number of alkyl halides is 3. The lowest BCUT2D eigenvalue weighted by Crippen LogP contribution is -2.52. The molecule has 196 valence electrons. The van der Waals surface area contributed by atoms with Crippen LogP contribution < -0.4 is 15.4 Å². The summed E-state index contributed by atoms with van der Waals surface area (Å²) in [5.41, 5.74) is -6.85. The molecule has 1 aromatic carbocycles. The maximum Gasteiger partial charge on any atom is 0.424 e. The van der Waals surface area contributed by atoms with Crippen LogP contribution in [-0.2, 0) is 20.5 Å². The first kappa shape index (κ1) is 27.2. The number of alkyl carbamates (subject to hydrolysis) is 1. The van der Waals surface area contributed by atoms with Crippen molar-refractivity contribution in [3.8, 4) is 17.0 Å². The summed E-state index contributed by atoms with van der Waals surface area (Å²) in [5.74, 6) is -1.09. The number of nitrogens with zero attached hydrogens (tertiary/aromatic N) is 1. The van der Waals surface area contributed by atoms with Crippen molar-refractivity contribution >= 4 is 12.0 Å². The van der Waals surface area contributed by atoms with Crippen LogP contribution in [0.2, 0.25) is 0 Å². The standard InChI is InChI=1S/C24H27F4N3O5/c1-21(2,3)36-20(33)30-11-23(34,24(26,27)28)16-10-15-18(35-12-22(15,4)19(32)29-5)17(31-16)13-6-8-14(25)9-7-13/h6-10,34H,11-12H2,1-5H3,(H,29,32)(H,30,33)/t22-,23?/m0/s1. The number of nitrogens with one attached hydrogen (secondary N) is 2. The van der Waals surface area contributed by atoms with E-state index >= 15 is 0 Å². The highest BCUT2D eigenvalue weighted by molar-refractivity contribution is 5.91. The van der Waals surface area contributed by atoms with Crippen LogP contribution in [0, 0.1) is 5.82 Å². The number of likely N-dealkylation sites (N-methyl/N-ethyl adjacent to an activating group) is 1. The van der Waals surface area contributed by atoms with E-state index in [0.29, 0.717) is 0 Å². The molecule has 0 fully saturated rings. The first-order valence-corrected chi connectivity index (χ1v) is 10.9. The van der Waals surface area contributed by atoms with Gasteiger partial charge in [0.2, 0.25) is 11.5 Å². The average molecular weight is 513 g/mol. The minimum absolute atomic E-state index is 0.0288. The summed E-state index contributed by atoms with van der Waals surface area (Å²) in [6, 6.07) is 5.68. The molecule has 1 aliphatic heterocycles. The van der Waals surface area contributed by atoms with E-state index in [0.717, 1.165) is 18.2 Å². The van der Waals surface area contributed by atoms with Crippen LogP contribution in [-0.4, -0.2) is 54.1 Å². The summed E-state index contributed by atoms with van der Waals surface area (Å²) in [6.45, 7) is 4.53. The molecular weight excluding hydrogens is 486 g/mol. The third-order valence-electron chi connectivity index (χ3n) is 5.70. The van der Waals surface area contributed by atoms with Gasteiger partial charge in [0, 0.05) is 18.2 Å². The molecule has 2 heterocycles. The molecule has 0 bridgehead atoms. The van der Waals surface area contributed by atoms with Crippen molar-refractivity contribution in [1.82, 2.24) is 15.6 Å². The third kappa shape index (κ3) is 5.08. The molecule has 0 aliphatic carbocycles. The van der Waals surface area contributed by atoms with Gasteiger partial charge in [0.15, 0.2) is 0 Å². The molecule has 2 aromatic rings. The van der Waals surface area contributed by atoms with E-state index in [1.165, 1.54) is 46.9 Å². The number of amides is 2. The number of carbonyl (C=O) groups is 2. The Labute approximate surface area is 205 Å². The lowest BCUT2D eigenvalue weighted by atomic mass is 9.81. The zero-order valence-electron chi connectivity index (χ0n) is 20.3. The number of aromatic nitrogens is 1. The second-order valence-corrected chi connectivity index (χ2v) is 9.65. The highest BCUT2D eigenvalue weighted by Gasteiger charge is 2.58. The summed E-state index contributed by atoms with van der Waals surface area (Å²) in [6.07, 6.45) is -6.48. The highest BCUT2D eigenvalue weighted by Crippen LogP contribution is 2.47. The van der Waals surface area contributed by atoms with Crippen LogP contribution in [0.15, 0.2) is 30.3 Å². The number of carbonyl (C=O) groups excluding carboxylic acids is 2. The second kappa shape index (κ2) is 9.23. The number of benzene rings is 1. The van der Waals surface area contributed by atoms with E-state index in [4.69, 9.17) is 9.47 Å². The Morgan fingerprint density at radius 1 is 1.19 bits per heavy atom. The fraction of sp³-hybridized carbons (Fsp3) is 0.458. The summed E-state index contributed by atoms with van der Waals surface area (Å²) in [4.78, 5) is 28.8. The number of aliphatic hydroxyl groups is 1. The SMILES string of the molecule is CNC(=O)[C@@]1(C)COc2c1cc(C(O)(CNC(=O)OC(C)(C)C)C(F)(F)F)nc2-c1ccc(F)cc1. The number of hydrogen-bond acceptors (Lipinski definition) is 6. The Balaban J connectivity index is 2.20. The topological polar surface area (TPSA) is 110 Å². The predicted octanol–water partition coefficient (Wildman–Crippen LogP) is 3.56.